The molecule has 2 aromatic carbocycles. The molecule has 7 nitrogen and oxygen atoms in total. The largest absolute Gasteiger partial charge is 0.497 e. The summed E-state index contributed by atoms with van der Waals surface area (Å²) in [6.07, 6.45) is 2.30. The first-order valence-corrected chi connectivity index (χ1v) is 12.9. The SMILES string of the molecule is CCC[C@@H]1[C@@H](c2ccccc2)C=C(C(=O)OC(C)C)N(c2ccc(OC)cc2)[C@H]1NC(=O)OC(C)(C)C. The van der Waals surface area contributed by atoms with Crippen LogP contribution in [0.4, 0.5) is 10.5 Å². The highest BCUT2D eigenvalue weighted by molar-refractivity contribution is 5.94. The molecule has 1 aliphatic heterocycles. The normalized spacial score (nSPS) is 19.7. The van der Waals surface area contributed by atoms with Crippen molar-refractivity contribution < 1.29 is 23.8 Å². The van der Waals surface area contributed by atoms with E-state index in [9.17, 15) is 9.59 Å². The minimum absolute atomic E-state index is 0.0439. The van der Waals surface area contributed by atoms with Gasteiger partial charge in [0, 0.05) is 17.5 Å². The Labute approximate surface area is 220 Å². The fraction of sp³-hybridized carbons (Fsp3) is 0.467. The van der Waals surface area contributed by atoms with Gasteiger partial charge in [-0.3, -0.25) is 0 Å². The van der Waals surface area contributed by atoms with Gasteiger partial charge in [-0.2, -0.15) is 0 Å². The highest BCUT2D eigenvalue weighted by Crippen LogP contribution is 2.42. The van der Waals surface area contributed by atoms with Crippen LogP contribution in [-0.4, -0.2) is 37.0 Å². The number of nitrogens with one attached hydrogen (secondary N) is 1. The number of benzene rings is 2. The highest BCUT2D eigenvalue weighted by atomic mass is 16.6. The molecule has 0 saturated heterocycles. The molecular weight excluding hydrogens is 468 g/mol. The van der Waals surface area contributed by atoms with Crippen LogP contribution in [0.2, 0.25) is 0 Å². The van der Waals surface area contributed by atoms with Crippen molar-refractivity contribution in [1.29, 1.82) is 0 Å². The van der Waals surface area contributed by atoms with Gasteiger partial charge in [-0.15, -0.1) is 0 Å². The zero-order valence-corrected chi connectivity index (χ0v) is 23.0. The molecule has 7 heteroatoms. The Morgan fingerprint density at radius 1 is 1.03 bits per heavy atom. The Balaban J connectivity index is 2.20. The van der Waals surface area contributed by atoms with E-state index in [0.717, 1.165) is 24.1 Å². The number of esters is 1. The Morgan fingerprint density at radius 2 is 1.68 bits per heavy atom. The number of rotatable bonds is 8. The number of amides is 1. The molecule has 0 spiro atoms. The third kappa shape index (κ3) is 7.28. The van der Waals surface area contributed by atoms with Gasteiger partial charge in [0.15, 0.2) is 0 Å². The van der Waals surface area contributed by atoms with E-state index in [2.05, 4.69) is 24.4 Å². The third-order valence-corrected chi connectivity index (χ3v) is 6.12. The molecule has 1 N–H and O–H groups in total. The Kier molecular flexibility index (Phi) is 9.24. The molecule has 200 valence electrons. The summed E-state index contributed by atoms with van der Waals surface area (Å²) in [7, 11) is 1.61. The lowest BCUT2D eigenvalue weighted by molar-refractivity contribution is -0.143. The summed E-state index contributed by atoms with van der Waals surface area (Å²) in [6, 6.07) is 17.5. The molecule has 0 bridgehead atoms. The molecule has 3 rings (SSSR count). The number of allylic oxidation sites excluding steroid dienone is 1. The first-order chi connectivity index (χ1) is 17.5. The second kappa shape index (κ2) is 12.2. The summed E-state index contributed by atoms with van der Waals surface area (Å²) >= 11 is 0. The van der Waals surface area contributed by atoms with Crippen LogP contribution in [0.1, 0.15) is 65.9 Å². The standard InChI is InChI=1S/C30H40N2O5/c1-8-12-24-25(21-13-10-9-11-14-21)19-26(28(33)36-20(2)3)32(22-15-17-23(35-7)18-16-22)27(24)31-29(34)37-30(4,5)6/h9-11,13-20,24-25,27H,8,12H2,1-7H3,(H,31,34)/t24-,25-,27-/m1/s1. The Bertz CT molecular complexity index is 1070. The molecular formula is C30H40N2O5. The van der Waals surface area contributed by atoms with E-state index in [0.29, 0.717) is 11.4 Å². The number of ether oxygens (including phenoxy) is 3. The van der Waals surface area contributed by atoms with Gasteiger partial charge in [-0.25, -0.2) is 9.59 Å². The van der Waals surface area contributed by atoms with Crippen LogP contribution in [0.15, 0.2) is 66.4 Å². The van der Waals surface area contributed by atoms with Crippen LogP contribution in [0.25, 0.3) is 0 Å². The van der Waals surface area contributed by atoms with Crippen molar-refractivity contribution >= 4 is 17.7 Å². The number of methoxy groups -OCH3 is 1. The second-order valence-electron chi connectivity index (χ2n) is 10.6. The number of anilines is 1. The average Bonchev–Trinajstić information content (AvgIpc) is 2.84. The third-order valence-electron chi connectivity index (χ3n) is 6.12. The predicted molar refractivity (Wildman–Crippen MR) is 146 cm³/mol. The molecule has 0 aliphatic carbocycles. The van der Waals surface area contributed by atoms with E-state index in [-0.39, 0.29) is 17.9 Å². The van der Waals surface area contributed by atoms with Gasteiger partial charge in [0.2, 0.25) is 0 Å². The van der Waals surface area contributed by atoms with Gasteiger partial charge in [0.05, 0.1) is 13.2 Å². The first kappa shape index (κ1) is 28.1. The quantitative estimate of drug-likeness (QED) is 0.416. The van der Waals surface area contributed by atoms with Crippen LogP contribution >= 0.6 is 0 Å². The van der Waals surface area contributed by atoms with Crippen LogP contribution in [0.5, 0.6) is 5.75 Å². The van der Waals surface area contributed by atoms with Crippen LogP contribution in [0, 0.1) is 5.92 Å². The van der Waals surface area contributed by atoms with E-state index >= 15 is 0 Å². The maximum absolute atomic E-state index is 13.5. The van der Waals surface area contributed by atoms with E-state index in [1.807, 2.05) is 88.1 Å². The first-order valence-electron chi connectivity index (χ1n) is 12.9. The summed E-state index contributed by atoms with van der Waals surface area (Å²) in [5, 5.41) is 3.11. The summed E-state index contributed by atoms with van der Waals surface area (Å²) in [5.41, 5.74) is 1.52. The number of nitrogens with zero attached hydrogens (tertiary/aromatic N) is 1. The van der Waals surface area contributed by atoms with E-state index in [1.165, 1.54) is 0 Å². The summed E-state index contributed by atoms with van der Waals surface area (Å²) in [6.45, 7) is 11.3. The minimum Gasteiger partial charge on any atom is -0.497 e. The van der Waals surface area contributed by atoms with Crippen molar-refractivity contribution in [2.45, 2.75) is 78.2 Å². The lowest BCUT2D eigenvalue weighted by Gasteiger charge is -2.46. The van der Waals surface area contributed by atoms with Gasteiger partial charge in [0.25, 0.3) is 0 Å². The van der Waals surface area contributed by atoms with Crippen LogP contribution < -0.4 is 15.0 Å². The molecule has 0 fully saturated rings. The fourth-order valence-electron chi connectivity index (χ4n) is 4.68. The van der Waals surface area contributed by atoms with Crippen LogP contribution in [0.3, 0.4) is 0 Å². The van der Waals surface area contributed by atoms with Crippen molar-refractivity contribution in [3.8, 4) is 5.75 Å². The van der Waals surface area contributed by atoms with Crippen molar-refractivity contribution in [2.75, 3.05) is 12.0 Å². The van der Waals surface area contributed by atoms with Gasteiger partial charge in [-0.05, 0) is 76.9 Å². The number of carbonyl (C=O) groups is 2. The Morgan fingerprint density at radius 3 is 2.22 bits per heavy atom. The molecule has 0 aromatic heterocycles. The lowest BCUT2D eigenvalue weighted by Crippen LogP contribution is -2.57. The number of hydrogen-bond acceptors (Lipinski definition) is 6. The predicted octanol–water partition coefficient (Wildman–Crippen LogP) is 6.40. The topological polar surface area (TPSA) is 77.1 Å². The maximum atomic E-state index is 13.5. The molecule has 3 atom stereocenters. The molecule has 2 aromatic rings. The molecule has 0 radical (unpaired) electrons. The zero-order chi connectivity index (χ0) is 27.2. The van der Waals surface area contributed by atoms with Crippen molar-refractivity contribution in [2.24, 2.45) is 5.92 Å². The molecule has 1 amide bonds. The summed E-state index contributed by atoms with van der Waals surface area (Å²) in [5.74, 6) is 0.0839. The summed E-state index contributed by atoms with van der Waals surface area (Å²) < 4.78 is 16.7. The number of carbonyl (C=O) groups excluding carboxylic acids is 2. The van der Waals surface area contributed by atoms with Crippen LogP contribution in [-0.2, 0) is 14.3 Å². The van der Waals surface area contributed by atoms with Gasteiger partial charge < -0.3 is 24.4 Å². The van der Waals surface area contributed by atoms with Gasteiger partial charge >= 0.3 is 12.1 Å². The molecule has 37 heavy (non-hydrogen) atoms. The van der Waals surface area contributed by atoms with E-state index < -0.39 is 23.8 Å². The van der Waals surface area contributed by atoms with E-state index in [4.69, 9.17) is 14.2 Å². The van der Waals surface area contributed by atoms with E-state index in [1.54, 1.807) is 7.11 Å². The fourth-order valence-corrected chi connectivity index (χ4v) is 4.68. The second-order valence-corrected chi connectivity index (χ2v) is 10.6. The van der Waals surface area contributed by atoms with Crippen molar-refractivity contribution in [1.82, 2.24) is 5.32 Å². The average molecular weight is 509 g/mol. The van der Waals surface area contributed by atoms with Gasteiger partial charge in [-0.1, -0.05) is 43.7 Å². The molecule has 0 unspecified atom stereocenters. The monoisotopic (exact) mass is 508 g/mol. The van der Waals surface area contributed by atoms with Crippen molar-refractivity contribution in [3.05, 3.63) is 71.9 Å². The highest BCUT2D eigenvalue weighted by Gasteiger charge is 2.43. The Hall–Kier alpha value is -3.48. The number of alkyl carbamates (subject to hydrolysis) is 1. The minimum atomic E-state index is -0.669. The van der Waals surface area contributed by atoms with Crippen molar-refractivity contribution in [3.63, 3.8) is 0 Å². The molecule has 1 heterocycles. The lowest BCUT2D eigenvalue weighted by atomic mass is 9.77. The zero-order valence-electron chi connectivity index (χ0n) is 23.0. The smallest absolute Gasteiger partial charge is 0.409 e. The molecule has 0 saturated carbocycles. The maximum Gasteiger partial charge on any atom is 0.409 e. The molecule has 1 aliphatic rings. The van der Waals surface area contributed by atoms with Gasteiger partial charge in [0.1, 0.15) is 23.2 Å². The number of hydrogen-bond donors (Lipinski definition) is 1. The summed E-state index contributed by atoms with van der Waals surface area (Å²) in [4.78, 5) is 28.5.